The van der Waals surface area contributed by atoms with Gasteiger partial charge in [0.05, 0.1) is 11.3 Å². The van der Waals surface area contributed by atoms with Crippen LogP contribution in [0.15, 0.2) is 69.2 Å². The van der Waals surface area contributed by atoms with Crippen LogP contribution >= 0.6 is 27.3 Å². The summed E-state index contributed by atoms with van der Waals surface area (Å²) in [5, 5.41) is 8.83. The Bertz CT molecular complexity index is 1080. The quantitative estimate of drug-likeness (QED) is 0.481. The first-order valence-electron chi connectivity index (χ1n) is 8.05. The van der Waals surface area contributed by atoms with Crippen molar-refractivity contribution < 1.29 is 9.32 Å². The Balaban J connectivity index is 1.53. The van der Waals surface area contributed by atoms with Crippen molar-refractivity contribution in [2.24, 2.45) is 0 Å². The third-order valence-electron chi connectivity index (χ3n) is 3.79. The number of carbonyl (C=O) groups is 1. The number of carbonyl (C=O) groups excluding carboxylic acids is 1. The molecule has 27 heavy (non-hydrogen) atoms. The third kappa shape index (κ3) is 4.12. The van der Waals surface area contributed by atoms with Gasteiger partial charge in [-0.05, 0) is 45.8 Å². The zero-order valence-corrected chi connectivity index (χ0v) is 16.3. The molecule has 1 amide bonds. The number of amides is 1. The Morgan fingerprint density at radius 2 is 2.11 bits per heavy atom. The van der Waals surface area contributed by atoms with Crippen molar-refractivity contribution in [1.29, 1.82) is 0 Å². The summed E-state index contributed by atoms with van der Waals surface area (Å²) in [5.74, 6) is 0.803. The molecule has 1 N–H and O–H groups in total. The molecule has 0 unspecified atom stereocenters. The van der Waals surface area contributed by atoms with Gasteiger partial charge < -0.3 is 9.84 Å². The molecule has 0 aliphatic rings. The highest BCUT2D eigenvalue weighted by molar-refractivity contribution is 9.10. The van der Waals surface area contributed by atoms with E-state index in [2.05, 4.69) is 36.4 Å². The molecule has 0 spiro atoms. The first kappa shape index (κ1) is 17.6. The van der Waals surface area contributed by atoms with Gasteiger partial charge in [0.2, 0.25) is 11.7 Å². The molecule has 4 aromatic rings. The van der Waals surface area contributed by atoms with Gasteiger partial charge >= 0.3 is 0 Å². The van der Waals surface area contributed by atoms with Gasteiger partial charge in [0, 0.05) is 33.5 Å². The molecule has 0 fully saturated rings. The Morgan fingerprint density at radius 1 is 1.22 bits per heavy atom. The fourth-order valence-corrected chi connectivity index (χ4v) is 3.84. The van der Waals surface area contributed by atoms with Crippen molar-refractivity contribution in [3.05, 3.63) is 81.0 Å². The highest BCUT2D eigenvalue weighted by atomic mass is 79.9. The molecule has 0 saturated carbocycles. The van der Waals surface area contributed by atoms with Crippen LogP contribution in [0.5, 0.6) is 0 Å². The number of aromatic nitrogens is 3. The van der Waals surface area contributed by atoms with Gasteiger partial charge in [-0.1, -0.05) is 23.4 Å². The normalized spacial score (nSPS) is 10.7. The Kier molecular flexibility index (Phi) is 5.08. The number of halogens is 1. The van der Waals surface area contributed by atoms with E-state index < -0.39 is 0 Å². The van der Waals surface area contributed by atoms with Crippen LogP contribution in [-0.4, -0.2) is 21.0 Å². The lowest BCUT2D eigenvalue weighted by Crippen LogP contribution is -2.12. The maximum atomic E-state index is 12.4. The first-order chi connectivity index (χ1) is 13.2. The number of pyridine rings is 1. The van der Waals surface area contributed by atoms with Crippen LogP contribution < -0.4 is 5.32 Å². The van der Waals surface area contributed by atoms with E-state index in [0.29, 0.717) is 28.7 Å². The summed E-state index contributed by atoms with van der Waals surface area (Å²) in [6, 6.07) is 13.0. The number of anilines is 1. The van der Waals surface area contributed by atoms with E-state index in [1.165, 1.54) is 11.3 Å². The second-order valence-corrected chi connectivity index (χ2v) is 7.50. The number of thiophene rings is 1. The fourth-order valence-electron chi connectivity index (χ4n) is 2.51. The van der Waals surface area contributed by atoms with Crippen LogP contribution in [0.1, 0.15) is 21.1 Å². The fraction of sp³-hybridized carbons (Fsp3) is 0.0526. The number of para-hydroxylation sites is 1. The summed E-state index contributed by atoms with van der Waals surface area (Å²) in [4.78, 5) is 21.6. The van der Waals surface area contributed by atoms with E-state index >= 15 is 0 Å². The van der Waals surface area contributed by atoms with Gasteiger partial charge in [0.15, 0.2) is 0 Å². The minimum absolute atomic E-state index is 0.153. The van der Waals surface area contributed by atoms with E-state index in [0.717, 1.165) is 15.6 Å². The standard InChI is InChI=1S/C19H13BrN4O2S/c20-14-9-16(27-11-14)19(25)22-15-6-2-1-4-12(15)8-17-23-18(24-26-17)13-5-3-7-21-10-13/h1-7,9-11H,8H2,(H,22,25). The molecule has 0 aliphatic heterocycles. The number of benzene rings is 1. The summed E-state index contributed by atoms with van der Waals surface area (Å²) in [6.07, 6.45) is 3.79. The zero-order chi connectivity index (χ0) is 18.6. The first-order valence-corrected chi connectivity index (χ1v) is 9.72. The summed E-state index contributed by atoms with van der Waals surface area (Å²) in [6.45, 7) is 0. The summed E-state index contributed by atoms with van der Waals surface area (Å²) >= 11 is 4.75. The minimum Gasteiger partial charge on any atom is -0.339 e. The lowest BCUT2D eigenvalue weighted by atomic mass is 10.1. The number of nitrogens with one attached hydrogen (secondary N) is 1. The van der Waals surface area contributed by atoms with Crippen LogP contribution in [0.4, 0.5) is 5.69 Å². The van der Waals surface area contributed by atoms with Gasteiger partial charge in [-0.25, -0.2) is 0 Å². The molecular weight excluding hydrogens is 428 g/mol. The highest BCUT2D eigenvalue weighted by Crippen LogP contribution is 2.24. The predicted octanol–water partition coefficient (Wildman–Crippen LogP) is 4.80. The van der Waals surface area contributed by atoms with Crippen LogP contribution in [0.2, 0.25) is 0 Å². The lowest BCUT2D eigenvalue weighted by Gasteiger charge is -2.08. The van der Waals surface area contributed by atoms with Crippen molar-refractivity contribution in [1.82, 2.24) is 15.1 Å². The maximum Gasteiger partial charge on any atom is 0.265 e. The number of nitrogens with zero attached hydrogens (tertiary/aromatic N) is 3. The molecule has 0 bridgehead atoms. The van der Waals surface area contributed by atoms with E-state index in [-0.39, 0.29) is 5.91 Å². The monoisotopic (exact) mass is 440 g/mol. The second-order valence-electron chi connectivity index (χ2n) is 5.67. The molecular formula is C19H13BrN4O2S. The van der Waals surface area contributed by atoms with Gasteiger partial charge in [0.1, 0.15) is 0 Å². The molecule has 3 aromatic heterocycles. The SMILES string of the molecule is O=C(Nc1ccccc1Cc1nc(-c2cccnc2)no1)c1cc(Br)cs1. The van der Waals surface area contributed by atoms with Gasteiger partial charge in [-0.3, -0.25) is 9.78 Å². The van der Waals surface area contributed by atoms with Gasteiger partial charge in [-0.2, -0.15) is 4.98 Å². The van der Waals surface area contributed by atoms with Crippen molar-refractivity contribution in [2.45, 2.75) is 6.42 Å². The summed E-state index contributed by atoms with van der Waals surface area (Å²) in [5.41, 5.74) is 2.40. The van der Waals surface area contributed by atoms with E-state index in [4.69, 9.17) is 4.52 Å². The molecule has 1 aromatic carbocycles. The molecule has 8 heteroatoms. The summed E-state index contributed by atoms with van der Waals surface area (Å²) < 4.78 is 6.25. The smallest absolute Gasteiger partial charge is 0.265 e. The molecule has 3 heterocycles. The van der Waals surface area contributed by atoms with Crippen LogP contribution in [0.3, 0.4) is 0 Å². The van der Waals surface area contributed by atoms with E-state index in [1.54, 1.807) is 18.5 Å². The second kappa shape index (κ2) is 7.81. The third-order valence-corrected chi connectivity index (χ3v) is 5.48. The molecule has 6 nitrogen and oxygen atoms in total. The lowest BCUT2D eigenvalue weighted by molar-refractivity contribution is 0.103. The van der Waals surface area contributed by atoms with Crippen molar-refractivity contribution in [3.63, 3.8) is 0 Å². The average Bonchev–Trinajstić information content (AvgIpc) is 3.33. The molecule has 4 rings (SSSR count). The Morgan fingerprint density at radius 3 is 2.89 bits per heavy atom. The molecule has 134 valence electrons. The van der Waals surface area contributed by atoms with Gasteiger partial charge in [0.25, 0.3) is 5.91 Å². The zero-order valence-electron chi connectivity index (χ0n) is 13.9. The maximum absolute atomic E-state index is 12.4. The van der Waals surface area contributed by atoms with E-state index in [1.807, 2.05) is 41.8 Å². The largest absolute Gasteiger partial charge is 0.339 e. The Labute approximate surface area is 167 Å². The molecule has 0 saturated heterocycles. The van der Waals surface area contributed by atoms with E-state index in [9.17, 15) is 4.79 Å². The minimum atomic E-state index is -0.153. The van der Waals surface area contributed by atoms with Crippen molar-refractivity contribution in [3.8, 4) is 11.4 Å². The number of hydrogen-bond donors (Lipinski definition) is 1. The van der Waals surface area contributed by atoms with Crippen molar-refractivity contribution in [2.75, 3.05) is 5.32 Å². The van der Waals surface area contributed by atoms with Crippen molar-refractivity contribution >= 4 is 38.9 Å². The molecule has 0 aliphatic carbocycles. The van der Waals surface area contributed by atoms with Crippen LogP contribution in [0.25, 0.3) is 11.4 Å². The molecule has 0 radical (unpaired) electrons. The van der Waals surface area contributed by atoms with Crippen LogP contribution in [0, 0.1) is 0 Å². The highest BCUT2D eigenvalue weighted by Gasteiger charge is 2.14. The topological polar surface area (TPSA) is 80.9 Å². The predicted molar refractivity (Wildman–Crippen MR) is 107 cm³/mol. The van der Waals surface area contributed by atoms with Gasteiger partial charge in [-0.15, -0.1) is 11.3 Å². The van der Waals surface area contributed by atoms with Crippen LogP contribution in [-0.2, 0) is 6.42 Å². The average molecular weight is 441 g/mol. The number of rotatable bonds is 5. The molecule has 0 atom stereocenters. The summed E-state index contributed by atoms with van der Waals surface area (Å²) in [7, 11) is 0. The number of hydrogen-bond acceptors (Lipinski definition) is 6. The Hall–Kier alpha value is -2.84.